The van der Waals surface area contributed by atoms with Crippen molar-refractivity contribution in [2.45, 2.75) is 26.8 Å². The van der Waals surface area contributed by atoms with Crippen molar-refractivity contribution in [3.8, 4) is 0 Å². The standard InChI is InChI=1S/C11H19N3/c1-9(2)14-8-11(7-13-14)5-10(3)6-12-4/h5,7-9,12H,6H2,1-4H3. The molecular formula is C11H19N3. The molecule has 0 bridgehead atoms. The summed E-state index contributed by atoms with van der Waals surface area (Å²) in [6.07, 6.45) is 6.13. The zero-order valence-corrected chi connectivity index (χ0v) is 9.41. The molecule has 3 heteroatoms. The van der Waals surface area contributed by atoms with E-state index in [-0.39, 0.29) is 0 Å². The molecular weight excluding hydrogens is 174 g/mol. The molecule has 0 spiro atoms. The predicted molar refractivity (Wildman–Crippen MR) is 60.2 cm³/mol. The van der Waals surface area contributed by atoms with Crippen molar-refractivity contribution in [2.75, 3.05) is 13.6 Å². The molecule has 1 aromatic rings. The molecule has 0 fully saturated rings. The topological polar surface area (TPSA) is 29.9 Å². The lowest BCUT2D eigenvalue weighted by Gasteiger charge is -2.02. The molecule has 0 amide bonds. The molecule has 0 aliphatic heterocycles. The summed E-state index contributed by atoms with van der Waals surface area (Å²) in [6, 6.07) is 0.432. The lowest BCUT2D eigenvalue weighted by Crippen LogP contribution is -2.08. The number of hydrogen-bond acceptors (Lipinski definition) is 2. The van der Waals surface area contributed by atoms with E-state index in [0.717, 1.165) is 6.54 Å². The van der Waals surface area contributed by atoms with Gasteiger partial charge in [-0.25, -0.2) is 0 Å². The Morgan fingerprint density at radius 1 is 1.64 bits per heavy atom. The molecule has 0 aliphatic carbocycles. The van der Waals surface area contributed by atoms with Gasteiger partial charge in [0.25, 0.3) is 0 Å². The molecule has 1 rings (SSSR count). The van der Waals surface area contributed by atoms with E-state index >= 15 is 0 Å². The van der Waals surface area contributed by atoms with Crippen molar-refractivity contribution in [2.24, 2.45) is 0 Å². The largest absolute Gasteiger partial charge is 0.316 e. The van der Waals surface area contributed by atoms with Crippen LogP contribution in [0.1, 0.15) is 32.4 Å². The van der Waals surface area contributed by atoms with Crippen LogP contribution in [-0.4, -0.2) is 23.4 Å². The van der Waals surface area contributed by atoms with Crippen LogP contribution >= 0.6 is 0 Å². The Balaban J connectivity index is 2.72. The Morgan fingerprint density at radius 2 is 2.36 bits per heavy atom. The summed E-state index contributed by atoms with van der Waals surface area (Å²) in [7, 11) is 1.95. The van der Waals surface area contributed by atoms with Crippen LogP contribution in [-0.2, 0) is 0 Å². The van der Waals surface area contributed by atoms with Crippen LogP contribution in [0.25, 0.3) is 6.08 Å². The maximum Gasteiger partial charge on any atom is 0.0562 e. The second kappa shape index (κ2) is 4.96. The fourth-order valence-electron chi connectivity index (χ4n) is 1.32. The molecule has 3 nitrogen and oxygen atoms in total. The van der Waals surface area contributed by atoms with Crippen LogP contribution < -0.4 is 5.32 Å². The zero-order valence-electron chi connectivity index (χ0n) is 9.41. The van der Waals surface area contributed by atoms with Gasteiger partial charge < -0.3 is 5.32 Å². The van der Waals surface area contributed by atoms with E-state index in [1.807, 2.05) is 17.9 Å². The number of nitrogens with one attached hydrogen (secondary N) is 1. The minimum atomic E-state index is 0.432. The van der Waals surface area contributed by atoms with Crippen molar-refractivity contribution in [1.82, 2.24) is 15.1 Å². The fourth-order valence-corrected chi connectivity index (χ4v) is 1.32. The van der Waals surface area contributed by atoms with Gasteiger partial charge in [0.1, 0.15) is 0 Å². The normalized spacial score (nSPS) is 12.5. The smallest absolute Gasteiger partial charge is 0.0562 e. The van der Waals surface area contributed by atoms with Crippen LogP contribution in [0.2, 0.25) is 0 Å². The Labute approximate surface area is 85.8 Å². The summed E-state index contributed by atoms with van der Waals surface area (Å²) in [6.45, 7) is 7.29. The van der Waals surface area contributed by atoms with E-state index in [0.29, 0.717) is 6.04 Å². The summed E-state index contributed by atoms with van der Waals surface area (Å²) in [4.78, 5) is 0. The first-order valence-corrected chi connectivity index (χ1v) is 4.99. The average molecular weight is 193 g/mol. The van der Waals surface area contributed by atoms with Gasteiger partial charge in [-0.1, -0.05) is 11.6 Å². The zero-order chi connectivity index (χ0) is 10.6. The van der Waals surface area contributed by atoms with Crippen LogP contribution in [0, 0.1) is 0 Å². The highest BCUT2D eigenvalue weighted by atomic mass is 15.3. The molecule has 78 valence electrons. The molecule has 0 atom stereocenters. The summed E-state index contributed by atoms with van der Waals surface area (Å²) in [5.41, 5.74) is 2.49. The van der Waals surface area contributed by atoms with E-state index in [1.165, 1.54) is 11.1 Å². The second-order valence-corrected chi connectivity index (χ2v) is 3.87. The van der Waals surface area contributed by atoms with Gasteiger partial charge in [0, 0.05) is 24.3 Å². The number of aromatic nitrogens is 2. The highest BCUT2D eigenvalue weighted by molar-refractivity contribution is 5.50. The van der Waals surface area contributed by atoms with Gasteiger partial charge in [0.2, 0.25) is 0 Å². The Hall–Kier alpha value is -1.09. The highest BCUT2D eigenvalue weighted by Gasteiger charge is 1.99. The molecule has 0 saturated heterocycles. The molecule has 0 aliphatic rings. The third-order valence-electron chi connectivity index (χ3n) is 2.02. The van der Waals surface area contributed by atoms with Gasteiger partial charge in [0.05, 0.1) is 6.20 Å². The number of rotatable bonds is 4. The molecule has 1 N–H and O–H groups in total. The minimum absolute atomic E-state index is 0.432. The van der Waals surface area contributed by atoms with Crippen molar-refractivity contribution in [3.05, 3.63) is 23.5 Å². The molecule has 1 aromatic heterocycles. The maximum absolute atomic E-state index is 4.28. The van der Waals surface area contributed by atoms with E-state index in [9.17, 15) is 0 Å². The first-order valence-electron chi connectivity index (χ1n) is 4.99. The molecule has 0 aromatic carbocycles. The highest BCUT2D eigenvalue weighted by Crippen LogP contribution is 2.08. The molecule has 1 heterocycles. The number of hydrogen-bond donors (Lipinski definition) is 1. The van der Waals surface area contributed by atoms with Gasteiger partial charge in [-0.3, -0.25) is 4.68 Å². The number of likely N-dealkylation sites (N-methyl/N-ethyl adjacent to an activating group) is 1. The van der Waals surface area contributed by atoms with Crippen molar-refractivity contribution in [1.29, 1.82) is 0 Å². The van der Waals surface area contributed by atoms with E-state index in [2.05, 4.69) is 43.5 Å². The lowest BCUT2D eigenvalue weighted by atomic mass is 10.2. The van der Waals surface area contributed by atoms with E-state index in [4.69, 9.17) is 0 Å². The van der Waals surface area contributed by atoms with Crippen molar-refractivity contribution >= 4 is 6.08 Å². The minimum Gasteiger partial charge on any atom is -0.316 e. The lowest BCUT2D eigenvalue weighted by molar-refractivity contribution is 0.532. The van der Waals surface area contributed by atoms with Crippen molar-refractivity contribution < 1.29 is 0 Å². The van der Waals surface area contributed by atoms with Gasteiger partial charge in [0.15, 0.2) is 0 Å². The summed E-state index contributed by atoms with van der Waals surface area (Å²) < 4.78 is 1.97. The fraction of sp³-hybridized carbons (Fsp3) is 0.545. The average Bonchev–Trinajstić information content (AvgIpc) is 2.53. The quantitative estimate of drug-likeness (QED) is 0.793. The molecule has 0 unspecified atom stereocenters. The monoisotopic (exact) mass is 193 g/mol. The van der Waals surface area contributed by atoms with Gasteiger partial charge >= 0.3 is 0 Å². The van der Waals surface area contributed by atoms with Crippen LogP contribution in [0.5, 0.6) is 0 Å². The third-order valence-corrected chi connectivity index (χ3v) is 2.02. The molecule has 0 radical (unpaired) electrons. The Morgan fingerprint density at radius 3 is 2.86 bits per heavy atom. The van der Waals surface area contributed by atoms with Crippen LogP contribution in [0.15, 0.2) is 18.0 Å². The SMILES string of the molecule is CNCC(C)=Cc1cnn(C(C)C)c1. The third kappa shape index (κ3) is 3.00. The van der Waals surface area contributed by atoms with Crippen molar-refractivity contribution in [3.63, 3.8) is 0 Å². The number of nitrogens with zero attached hydrogens (tertiary/aromatic N) is 2. The Kier molecular flexibility index (Phi) is 3.89. The first-order chi connectivity index (χ1) is 6.63. The van der Waals surface area contributed by atoms with E-state index in [1.54, 1.807) is 0 Å². The molecule has 14 heavy (non-hydrogen) atoms. The van der Waals surface area contributed by atoms with Gasteiger partial charge in [-0.2, -0.15) is 5.10 Å². The van der Waals surface area contributed by atoms with Crippen LogP contribution in [0.3, 0.4) is 0 Å². The maximum atomic E-state index is 4.28. The first kappa shape index (κ1) is 11.0. The summed E-state index contributed by atoms with van der Waals surface area (Å²) in [5.74, 6) is 0. The predicted octanol–water partition coefficient (Wildman–Crippen LogP) is 2.09. The van der Waals surface area contributed by atoms with E-state index < -0.39 is 0 Å². The summed E-state index contributed by atoms with van der Waals surface area (Å²) in [5, 5.41) is 7.40. The Bertz CT molecular complexity index is 310. The van der Waals surface area contributed by atoms with Gasteiger partial charge in [-0.15, -0.1) is 0 Å². The summed E-state index contributed by atoms with van der Waals surface area (Å²) >= 11 is 0. The second-order valence-electron chi connectivity index (χ2n) is 3.87. The van der Waals surface area contributed by atoms with Crippen LogP contribution in [0.4, 0.5) is 0 Å². The molecule has 0 saturated carbocycles. The van der Waals surface area contributed by atoms with Gasteiger partial charge in [-0.05, 0) is 27.8 Å².